The SMILES string of the molecule is C.N=C/C(=C\N)NC(=O)c1cc(C(=N)c2c(Nc3c(F)cccc3F)c(Cl)c[nH]c2=O)cs1. The number of nitrogens with one attached hydrogen (secondary N) is 5. The summed E-state index contributed by atoms with van der Waals surface area (Å²) in [5, 5.41) is 21.9. The Morgan fingerprint density at radius 3 is 2.52 bits per heavy atom. The molecule has 33 heavy (non-hydrogen) atoms. The smallest absolute Gasteiger partial charge is 0.265 e. The van der Waals surface area contributed by atoms with Crippen molar-refractivity contribution in [2.24, 2.45) is 5.73 Å². The highest BCUT2D eigenvalue weighted by atomic mass is 35.5. The molecular weight excluding hydrogens is 474 g/mol. The number of pyridine rings is 1. The van der Waals surface area contributed by atoms with Crippen molar-refractivity contribution in [3.05, 3.63) is 90.8 Å². The topological polar surface area (TPSA) is 148 Å². The number of rotatable bonds is 7. The van der Waals surface area contributed by atoms with Crippen LogP contribution >= 0.6 is 22.9 Å². The molecule has 7 N–H and O–H groups in total. The van der Waals surface area contributed by atoms with Gasteiger partial charge in [0.25, 0.3) is 11.5 Å². The van der Waals surface area contributed by atoms with Crippen LogP contribution in [0.5, 0.6) is 0 Å². The lowest BCUT2D eigenvalue weighted by molar-refractivity contribution is 0.0972. The summed E-state index contributed by atoms with van der Waals surface area (Å²) in [6.45, 7) is 0. The minimum Gasteiger partial charge on any atom is -0.403 e. The van der Waals surface area contributed by atoms with E-state index in [1.165, 1.54) is 17.5 Å². The van der Waals surface area contributed by atoms with Crippen molar-refractivity contribution in [1.29, 1.82) is 10.8 Å². The number of carbonyl (C=O) groups excluding carboxylic acids is 1. The summed E-state index contributed by atoms with van der Waals surface area (Å²) in [5.74, 6) is -2.40. The van der Waals surface area contributed by atoms with E-state index in [-0.39, 0.29) is 45.5 Å². The molecule has 172 valence electrons. The number of anilines is 2. The lowest BCUT2D eigenvalue weighted by Crippen LogP contribution is -2.23. The third kappa shape index (κ3) is 5.33. The lowest BCUT2D eigenvalue weighted by Gasteiger charge is -2.14. The summed E-state index contributed by atoms with van der Waals surface area (Å²) in [6.07, 6.45) is 3.04. The Morgan fingerprint density at radius 2 is 1.91 bits per heavy atom. The third-order valence-corrected chi connectivity index (χ3v) is 5.44. The highest BCUT2D eigenvalue weighted by Gasteiger charge is 2.22. The molecule has 0 spiro atoms. The van der Waals surface area contributed by atoms with Crippen LogP contribution in [0.2, 0.25) is 5.02 Å². The van der Waals surface area contributed by atoms with E-state index < -0.39 is 28.8 Å². The van der Waals surface area contributed by atoms with Crippen LogP contribution in [0.1, 0.15) is 28.2 Å². The fraction of sp³-hybridized carbons (Fsp3) is 0.0476. The Morgan fingerprint density at radius 1 is 1.24 bits per heavy atom. The largest absolute Gasteiger partial charge is 0.403 e. The summed E-state index contributed by atoms with van der Waals surface area (Å²) in [7, 11) is 0. The number of hydrogen-bond acceptors (Lipinski definition) is 7. The lowest BCUT2D eigenvalue weighted by atomic mass is 10.0. The first-order valence-corrected chi connectivity index (χ1v) is 10.1. The van der Waals surface area contributed by atoms with Crippen molar-refractivity contribution >= 4 is 52.1 Å². The van der Waals surface area contributed by atoms with E-state index in [0.717, 1.165) is 42.1 Å². The number of aromatic amines is 1. The molecule has 0 radical (unpaired) electrons. The molecular formula is C21H19ClF2N6O2S. The summed E-state index contributed by atoms with van der Waals surface area (Å²) in [5.41, 5.74) is 3.54. The normalized spacial score (nSPS) is 10.8. The number of H-pyrrole nitrogens is 1. The molecule has 0 saturated carbocycles. The van der Waals surface area contributed by atoms with E-state index in [9.17, 15) is 18.4 Å². The quantitative estimate of drug-likeness (QED) is 0.272. The number of halogens is 3. The molecule has 1 aromatic carbocycles. The summed E-state index contributed by atoms with van der Waals surface area (Å²) < 4.78 is 28.2. The molecule has 0 aliphatic carbocycles. The van der Waals surface area contributed by atoms with E-state index >= 15 is 0 Å². The first-order valence-electron chi connectivity index (χ1n) is 8.80. The minimum atomic E-state index is -0.914. The highest BCUT2D eigenvalue weighted by Crippen LogP contribution is 2.31. The molecule has 1 amide bonds. The van der Waals surface area contributed by atoms with E-state index in [2.05, 4.69) is 15.6 Å². The van der Waals surface area contributed by atoms with Crippen LogP contribution in [0.25, 0.3) is 0 Å². The maximum atomic E-state index is 14.1. The van der Waals surface area contributed by atoms with Gasteiger partial charge in [-0.2, -0.15) is 0 Å². The monoisotopic (exact) mass is 492 g/mol. The second kappa shape index (κ2) is 10.7. The van der Waals surface area contributed by atoms with Gasteiger partial charge in [0.1, 0.15) is 17.3 Å². The van der Waals surface area contributed by atoms with Crippen molar-refractivity contribution in [3.8, 4) is 0 Å². The van der Waals surface area contributed by atoms with Crippen molar-refractivity contribution in [2.45, 2.75) is 7.43 Å². The van der Waals surface area contributed by atoms with Gasteiger partial charge in [0, 0.05) is 29.6 Å². The van der Waals surface area contributed by atoms with Gasteiger partial charge in [-0.15, -0.1) is 11.3 Å². The summed E-state index contributed by atoms with van der Waals surface area (Å²) in [4.78, 5) is 27.4. The van der Waals surface area contributed by atoms with Gasteiger partial charge in [0.15, 0.2) is 0 Å². The van der Waals surface area contributed by atoms with Crippen molar-refractivity contribution in [1.82, 2.24) is 10.3 Å². The van der Waals surface area contributed by atoms with Crippen LogP contribution in [-0.4, -0.2) is 22.8 Å². The van der Waals surface area contributed by atoms with Crippen LogP contribution in [0, 0.1) is 22.5 Å². The molecule has 0 unspecified atom stereocenters. The second-order valence-corrected chi connectivity index (χ2v) is 7.55. The first kappa shape index (κ1) is 25.4. The number of amides is 1. The van der Waals surface area contributed by atoms with Crippen LogP contribution < -0.4 is 21.9 Å². The Bertz CT molecular complexity index is 1300. The number of hydrogen-bond donors (Lipinski definition) is 6. The molecule has 0 saturated heterocycles. The molecule has 0 bridgehead atoms. The Hall–Kier alpha value is -3.83. The van der Waals surface area contributed by atoms with Gasteiger partial charge in [-0.05, 0) is 18.2 Å². The molecule has 3 rings (SSSR count). The zero-order chi connectivity index (χ0) is 23.4. The predicted octanol–water partition coefficient (Wildman–Crippen LogP) is 4.34. The van der Waals surface area contributed by atoms with Crippen LogP contribution in [0.4, 0.5) is 20.2 Å². The number of benzene rings is 1. The van der Waals surface area contributed by atoms with Gasteiger partial charge < -0.3 is 26.8 Å². The van der Waals surface area contributed by atoms with Gasteiger partial charge in [0.2, 0.25) is 0 Å². The van der Waals surface area contributed by atoms with E-state index in [1.807, 2.05) is 0 Å². The molecule has 8 nitrogen and oxygen atoms in total. The van der Waals surface area contributed by atoms with Crippen molar-refractivity contribution < 1.29 is 13.6 Å². The average molecular weight is 493 g/mol. The molecule has 3 aromatic rings. The van der Waals surface area contributed by atoms with Gasteiger partial charge in [-0.1, -0.05) is 25.1 Å². The molecule has 0 aliphatic heterocycles. The fourth-order valence-electron chi connectivity index (χ4n) is 2.66. The standard InChI is InChI=1S/C20H15ClF2N6O2S.CH4/c21-11-7-27-20(31)15(17(11)29-18-12(22)2-1-3-13(18)23)16(26)9-4-14(32-8-9)19(30)28-10(5-24)6-25;/h1-8,24,26H,25H2,(H,28,30)(H2,27,29,31);1H4/b10-6+,24-5?,26-16?;. The van der Waals surface area contributed by atoms with Crippen molar-refractivity contribution in [2.75, 3.05) is 5.32 Å². The second-order valence-electron chi connectivity index (χ2n) is 6.23. The Labute approximate surface area is 196 Å². The molecule has 2 heterocycles. The first-order chi connectivity index (χ1) is 15.3. The number of aromatic nitrogens is 1. The van der Waals surface area contributed by atoms with Gasteiger partial charge in [0.05, 0.1) is 32.6 Å². The van der Waals surface area contributed by atoms with Crippen molar-refractivity contribution in [3.63, 3.8) is 0 Å². The highest BCUT2D eigenvalue weighted by molar-refractivity contribution is 7.12. The van der Waals surface area contributed by atoms with E-state index in [0.29, 0.717) is 0 Å². The summed E-state index contributed by atoms with van der Waals surface area (Å²) >= 11 is 7.14. The predicted molar refractivity (Wildman–Crippen MR) is 127 cm³/mol. The number of para-hydroxylation sites is 1. The number of carbonyl (C=O) groups is 1. The zero-order valence-electron chi connectivity index (χ0n) is 16.1. The van der Waals surface area contributed by atoms with Crippen LogP contribution in [-0.2, 0) is 0 Å². The minimum absolute atomic E-state index is 0. The number of thiophene rings is 1. The van der Waals surface area contributed by atoms with Crippen LogP contribution in [0.3, 0.4) is 0 Å². The zero-order valence-corrected chi connectivity index (χ0v) is 17.6. The van der Waals surface area contributed by atoms with Gasteiger partial charge in [-0.25, -0.2) is 8.78 Å². The third-order valence-electron chi connectivity index (χ3n) is 4.21. The van der Waals surface area contributed by atoms with Gasteiger partial charge >= 0.3 is 0 Å². The van der Waals surface area contributed by atoms with E-state index in [1.54, 1.807) is 0 Å². The number of allylic oxidation sites excluding steroid dienone is 1. The molecule has 0 fully saturated rings. The maximum absolute atomic E-state index is 14.1. The number of nitrogens with two attached hydrogens (primary N) is 1. The van der Waals surface area contributed by atoms with E-state index in [4.69, 9.17) is 28.2 Å². The van der Waals surface area contributed by atoms with Gasteiger partial charge in [-0.3, -0.25) is 15.0 Å². The Kier molecular flexibility index (Phi) is 8.21. The maximum Gasteiger partial charge on any atom is 0.265 e. The average Bonchev–Trinajstić information content (AvgIpc) is 3.27. The molecule has 2 aromatic heterocycles. The summed E-state index contributed by atoms with van der Waals surface area (Å²) in [6, 6.07) is 4.59. The fourth-order valence-corrected chi connectivity index (χ4v) is 3.65. The Balaban J connectivity index is 0.00000385. The molecule has 0 aliphatic rings. The molecule has 0 atom stereocenters. The van der Waals surface area contributed by atoms with Crippen LogP contribution in [0.15, 0.2) is 52.5 Å². The molecule has 12 heteroatoms.